The molecule has 4 nitrogen and oxygen atoms in total. The first-order valence-electron chi connectivity index (χ1n) is 4.94. The number of rotatable bonds is 2. The van der Waals surface area contributed by atoms with Gasteiger partial charge in [0.2, 0.25) is 0 Å². The van der Waals surface area contributed by atoms with Crippen LogP contribution < -0.4 is 0 Å². The Hall–Kier alpha value is -1.36. The van der Waals surface area contributed by atoms with Crippen LogP contribution in [0.15, 0.2) is 23.1 Å². The van der Waals surface area contributed by atoms with Crippen LogP contribution in [-0.4, -0.2) is 27.2 Å². The Bertz CT molecular complexity index is 531. The molecule has 0 bridgehead atoms. The third kappa shape index (κ3) is 1.95. The van der Waals surface area contributed by atoms with Crippen LogP contribution in [0.3, 0.4) is 0 Å². The number of carbonyl (C=O) groups excluding carboxylic acids is 1. The summed E-state index contributed by atoms with van der Waals surface area (Å²) in [6.07, 6.45) is 0.719. The number of hydrogen-bond donors (Lipinski definition) is 0. The Balaban J connectivity index is 2.32. The van der Waals surface area contributed by atoms with Crippen LogP contribution in [0, 0.1) is 0 Å². The second-order valence-electron chi connectivity index (χ2n) is 3.76. The molecule has 1 aromatic rings. The van der Waals surface area contributed by atoms with E-state index in [0.29, 0.717) is 11.3 Å². The molecule has 2 rings (SSSR count). The van der Waals surface area contributed by atoms with E-state index in [0.717, 1.165) is 11.1 Å². The highest BCUT2D eigenvalue weighted by molar-refractivity contribution is 7.91. The summed E-state index contributed by atoms with van der Waals surface area (Å²) in [5.74, 6) is -0.148. The van der Waals surface area contributed by atoms with E-state index in [9.17, 15) is 13.2 Å². The zero-order chi connectivity index (χ0) is 11.8. The monoisotopic (exact) mass is 240 g/mol. The molecule has 0 atom stereocenters. The molecule has 0 amide bonds. The molecule has 0 spiro atoms. The smallest absolute Gasteiger partial charge is 0.309 e. The maximum absolute atomic E-state index is 11.6. The second-order valence-corrected chi connectivity index (χ2v) is 5.84. The molecule has 1 aromatic carbocycles. The minimum atomic E-state index is -3.07. The van der Waals surface area contributed by atoms with Crippen molar-refractivity contribution in [3.63, 3.8) is 0 Å². The van der Waals surface area contributed by atoms with Gasteiger partial charge in [-0.1, -0.05) is 12.1 Å². The van der Waals surface area contributed by atoms with Crippen LogP contribution in [0.25, 0.3) is 0 Å². The lowest BCUT2D eigenvalue weighted by molar-refractivity contribution is -0.139. The van der Waals surface area contributed by atoms with Gasteiger partial charge in [0.1, 0.15) is 0 Å². The van der Waals surface area contributed by atoms with Gasteiger partial charge < -0.3 is 4.74 Å². The van der Waals surface area contributed by atoms with Gasteiger partial charge in [-0.2, -0.15) is 0 Å². The van der Waals surface area contributed by atoms with E-state index >= 15 is 0 Å². The summed E-state index contributed by atoms with van der Waals surface area (Å²) in [5, 5.41) is 0. The number of benzene rings is 1. The average Bonchev–Trinajstić information content (AvgIpc) is 2.54. The van der Waals surface area contributed by atoms with Crippen molar-refractivity contribution in [1.82, 2.24) is 0 Å². The number of carbonyl (C=O) groups is 1. The zero-order valence-corrected chi connectivity index (χ0v) is 9.71. The summed E-state index contributed by atoms with van der Waals surface area (Å²) < 4.78 is 27.7. The van der Waals surface area contributed by atoms with Gasteiger partial charge in [-0.15, -0.1) is 0 Å². The van der Waals surface area contributed by atoms with Crippen molar-refractivity contribution in [3.8, 4) is 0 Å². The quantitative estimate of drug-likeness (QED) is 0.715. The fourth-order valence-electron chi connectivity index (χ4n) is 1.83. The van der Waals surface area contributed by atoms with Crippen molar-refractivity contribution >= 4 is 15.8 Å². The minimum Gasteiger partial charge on any atom is -0.469 e. The predicted molar refractivity (Wildman–Crippen MR) is 57.9 cm³/mol. The zero-order valence-electron chi connectivity index (χ0n) is 8.89. The Kier molecular flexibility index (Phi) is 2.71. The van der Waals surface area contributed by atoms with Crippen LogP contribution in [0.1, 0.15) is 11.1 Å². The summed E-state index contributed by atoms with van der Waals surface area (Å²) in [7, 11) is -1.74. The molecule has 1 heterocycles. The van der Waals surface area contributed by atoms with Gasteiger partial charge in [0.15, 0.2) is 9.84 Å². The fraction of sp³-hybridized carbons (Fsp3) is 0.364. The van der Waals surface area contributed by atoms with Gasteiger partial charge in [0.25, 0.3) is 0 Å². The lowest BCUT2D eigenvalue weighted by Crippen LogP contribution is -2.05. The molecule has 1 aliphatic rings. The van der Waals surface area contributed by atoms with Gasteiger partial charge in [-0.3, -0.25) is 4.79 Å². The summed E-state index contributed by atoms with van der Waals surface area (Å²) >= 11 is 0. The van der Waals surface area contributed by atoms with Gasteiger partial charge in [0.05, 0.1) is 24.2 Å². The molecule has 0 aromatic heterocycles. The third-order valence-corrected chi connectivity index (χ3v) is 4.49. The molecule has 0 fully saturated rings. The van der Waals surface area contributed by atoms with Crippen molar-refractivity contribution in [1.29, 1.82) is 0 Å². The van der Waals surface area contributed by atoms with E-state index in [4.69, 9.17) is 0 Å². The summed E-state index contributed by atoms with van der Waals surface area (Å²) in [6.45, 7) is 0. The highest BCUT2D eigenvalue weighted by Crippen LogP contribution is 2.26. The van der Waals surface area contributed by atoms with Crippen molar-refractivity contribution in [2.45, 2.75) is 17.7 Å². The first-order chi connectivity index (χ1) is 7.53. The first-order valence-corrected chi connectivity index (χ1v) is 6.59. The van der Waals surface area contributed by atoms with Crippen LogP contribution >= 0.6 is 0 Å². The Labute approximate surface area is 94.2 Å². The van der Waals surface area contributed by atoms with E-state index < -0.39 is 9.84 Å². The molecule has 86 valence electrons. The molecular weight excluding hydrogens is 228 g/mol. The molecule has 0 N–H and O–H groups in total. The van der Waals surface area contributed by atoms with Crippen molar-refractivity contribution in [3.05, 3.63) is 29.3 Å². The third-order valence-electron chi connectivity index (χ3n) is 2.68. The molecule has 0 aliphatic carbocycles. The van der Waals surface area contributed by atoms with Crippen molar-refractivity contribution < 1.29 is 17.9 Å². The first kappa shape index (κ1) is 11.1. The molecule has 0 radical (unpaired) electrons. The maximum Gasteiger partial charge on any atom is 0.309 e. The Morgan fingerprint density at radius 3 is 2.88 bits per heavy atom. The van der Waals surface area contributed by atoms with E-state index in [1.165, 1.54) is 7.11 Å². The van der Waals surface area contributed by atoms with Gasteiger partial charge in [-0.25, -0.2) is 8.42 Å². The Morgan fingerprint density at radius 1 is 1.44 bits per heavy atom. The largest absolute Gasteiger partial charge is 0.469 e. The lowest BCUT2D eigenvalue weighted by atomic mass is 10.1. The molecule has 1 aliphatic heterocycles. The van der Waals surface area contributed by atoms with Crippen LogP contribution in [0.4, 0.5) is 0 Å². The number of esters is 1. The molecule has 0 unspecified atom stereocenters. The topological polar surface area (TPSA) is 60.4 Å². The predicted octanol–water partition coefficient (Wildman–Crippen LogP) is 0.732. The highest BCUT2D eigenvalue weighted by Gasteiger charge is 2.26. The molecular formula is C11H12O4S. The molecule has 0 saturated carbocycles. The van der Waals surface area contributed by atoms with Gasteiger partial charge in [0, 0.05) is 0 Å². The number of fused-ring (bicyclic) bond motifs is 1. The minimum absolute atomic E-state index is 0.171. The number of hydrogen-bond acceptors (Lipinski definition) is 4. The van der Waals surface area contributed by atoms with E-state index in [1.54, 1.807) is 18.2 Å². The Morgan fingerprint density at radius 2 is 2.19 bits per heavy atom. The normalized spacial score (nSPS) is 16.8. The number of aryl methyl sites for hydroxylation is 1. The van der Waals surface area contributed by atoms with Gasteiger partial charge in [-0.05, 0) is 23.6 Å². The van der Waals surface area contributed by atoms with Crippen molar-refractivity contribution in [2.24, 2.45) is 0 Å². The lowest BCUT2D eigenvalue weighted by Gasteiger charge is -2.03. The van der Waals surface area contributed by atoms with E-state index in [-0.39, 0.29) is 18.1 Å². The van der Waals surface area contributed by atoms with E-state index in [1.807, 2.05) is 0 Å². The van der Waals surface area contributed by atoms with Crippen LogP contribution in [-0.2, 0) is 32.2 Å². The summed E-state index contributed by atoms with van der Waals surface area (Å²) in [4.78, 5) is 11.5. The number of sulfone groups is 1. The highest BCUT2D eigenvalue weighted by atomic mass is 32.2. The van der Waals surface area contributed by atoms with Gasteiger partial charge >= 0.3 is 5.97 Å². The van der Waals surface area contributed by atoms with E-state index in [2.05, 4.69) is 4.74 Å². The fourth-order valence-corrected chi connectivity index (χ4v) is 3.38. The maximum atomic E-state index is 11.6. The van der Waals surface area contributed by atoms with Crippen molar-refractivity contribution in [2.75, 3.05) is 12.9 Å². The summed E-state index contributed by atoms with van der Waals surface area (Å²) in [5.41, 5.74) is 1.60. The average molecular weight is 240 g/mol. The second kappa shape index (κ2) is 3.90. The van der Waals surface area contributed by atoms with Crippen LogP contribution in [0.2, 0.25) is 0 Å². The number of ether oxygens (including phenoxy) is 1. The van der Waals surface area contributed by atoms with Crippen LogP contribution in [0.5, 0.6) is 0 Å². The standard InChI is InChI=1S/C11H12O4S/c1-15-11(12)7-8-2-3-10-9(6-8)4-5-16(10,13)14/h2-3,6H,4-5,7H2,1H3. The molecule has 5 heteroatoms. The SMILES string of the molecule is COC(=O)Cc1ccc2c(c1)CCS2(=O)=O. The molecule has 0 saturated heterocycles. The molecule has 16 heavy (non-hydrogen) atoms. The summed E-state index contributed by atoms with van der Waals surface area (Å²) in [6, 6.07) is 5.02. The number of methoxy groups -OCH3 is 1.